The molecule has 21 heavy (non-hydrogen) atoms. The van der Waals surface area contributed by atoms with Gasteiger partial charge >= 0.3 is 0 Å². The maximum absolute atomic E-state index is 6.41. The average molecular weight is 288 g/mol. The van der Waals surface area contributed by atoms with E-state index < -0.39 is 0 Å². The van der Waals surface area contributed by atoms with Crippen LogP contribution in [0.2, 0.25) is 0 Å². The summed E-state index contributed by atoms with van der Waals surface area (Å²) in [5.41, 5.74) is 1.69. The van der Waals surface area contributed by atoms with Gasteiger partial charge in [0, 0.05) is 26.2 Å². The number of benzene rings is 1. The van der Waals surface area contributed by atoms with Gasteiger partial charge in [0.1, 0.15) is 5.75 Å². The van der Waals surface area contributed by atoms with Gasteiger partial charge in [-0.25, -0.2) is 0 Å². The van der Waals surface area contributed by atoms with Crippen molar-refractivity contribution in [2.75, 3.05) is 31.1 Å². The van der Waals surface area contributed by atoms with Crippen molar-refractivity contribution in [2.24, 2.45) is 5.41 Å². The number of anilines is 1. The van der Waals surface area contributed by atoms with Gasteiger partial charge in [-0.3, -0.25) is 0 Å². The lowest BCUT2D eigenvalue weighted by molar-refractivity contribution is 0.0854. The van der Waals surface area contributed by atoms with Crippen LogP contribution in [0.15, 0.2) is 24.3 Å². The van der Waals surface area contributed by atoms with Crippen molar-refractivity contribution in [1.82, 2.24) is 5.32 Å². The van der Waals surface area contributed by atoms with Gasteiger partial charge in [0.25, 0.3) is 0 Å². The van der Waals surface area contributed by atoms with Gasteiger partial charge in [-0.2, -0.15) is 0 Å². The van der Waals surface area contributed by atoms with Gasteiger partial charge in [-0.1, -0.05) is 26.0 Å². The highest BCUT2D eigenvalue weighted by atomic mass is 16.5. The van der Waals surface area contributed by atoms with Crippen molar-refractivity contribution < 1.29 is 4.74 Å². The Morgan fingerprint density at radius 2 is 1.95 bits per heavy atom. The molecule has 0 spiro atoms. The molecule has 1 saturated heterocycles. The molecular weight excluding hydrogens is 260 g/mol. The number of piperazine rings is 1. The van der Waals surface area contributed by atoms with Gasteiger partial charge < -0.3 is 15.0 Å². The lowest BCUT2D eigenvalue weighted by Crippen LogP contribution is -2.43. The van der Waals surface area contributed by atoms with E-state index in [1.54, 1.807) is 0 Å². The van der Waals surface area contributed by atoms with Crippen LogP contribution in [0, 0.1) is 5.41 Å². The highest BCUT2D eigenvalue weighted by Gasteiger charge is 2.29. The van der Waals surface area contributed by atoms with E-state index >= 15 is 0 Å². The number of rotatable bonds is 3. The van der Waals surface area contributed by atoms with Crippen molar-refractivity contribution in [3.63, 3.8) is 0 Å². The van der Waals surface area contributed by atoms with Crippen LogP contribution in [0.1, 0.15) is 39.5 Å². The molecule has 1 aromatic rings. The van der Waals surface area contributed by atoms with Crippen molar-refractivity contribution >= 4 is 5.69 Å². The molecule has 116 valence electrons. The molecule has 2 aliphatic rings. The van der Waals surface area contributed by atoms with Gasteiger partial charge in [0.2, 0.25) is 0 Å². The molecule has 1 N–H and O–H groups in total. The van der Waals surface area contributed by atoms with E-state index in [9.17, 15) is 0 Å². The molecule has 3 rings (SSSR count). The van der Waals surface area contributed by atoms with Crippen molar-refractivity contribution in [3.8, 4) is 5.75 Å². The van der Waals surface area contributed by atoms with Crippen molar-refractivity contribution in [1.29, 1.82) is 0 Å². The summed E-state index contributed by atoms with van der Waals surface area (Å²) in [6, 6.07) is 8.55. The first-order valence-electron chi connectivity index (χ1n) is 8.35. The quantitative estimate of drug-likeness (QED) is 0.922. The predicted molar refractivity (Wildman–Crippen MR) is 88.2 cm³/mol. The average Bonchev–Trinajstić information content (AvgIpc) is 2.48. The second kappa shape index (κ2) is 6.27. The largest absolute Gasteiger partial charge is 0.488 e. The molecule has 2 fully saturated rings. The summed E-state index contributed by atoms with van der Waals surface area (Å²) in [4.78, 5) is 2.44. The summed E-state index contributed by atoms with van der Waals surface area (Å²) < 4.78 is 6.41. The lowest BCUT2D eigenvalue weighted by atomic mass is 9.76. The summed E-state index contributed by atoms with van der Waals surface area (Å²) >= 11 is 0. The number of hydrogen-bond acceptors (Lipinski definition) is 3. The fourth-order valence-corrected chi connectivity index (χ4v) is 3.63. The van der Waals surface area contributed by atoms with Crippen LogP contribution in [0.25, 0.3) is 0 Å². The topological polar surface area (TPSA) is 24.5 Å². The molecule has 1 heterocycles. The Bertz CT molecular complexity index is 466. The van der Waals surface area contributed by atoms with Gasteiger partial charge in [-0.15, -0.1) is 0 Å². The molecule has 1 saturated carbocycles. The maximum Gasteiger partial charge on any atom is 0.143 e. The second-order valence-electron chi connectivity index (χ2n) is 7.21. The Kier molecular flexibility index (Phi) is 4.39. The van der Waals surface area contributed by atoms with Gasteiger partial charge in [-0.05, 0) is 43.2 Å². The minimum Gasteiger partial charge on any atom is -0.488 e. The van der Waals surface area contributed by atoms with Gasteiger partial charge in [0.15, 0.2) is 0 Å². The molecule has 0 radical (unpaired) electrons. The van der Waals surface area contributed by atoms with E-state index in [4.69, 9.17) is 4.74 Å². The standard InChI is InChI=1S/C18H28N2O/c1-18(2)9-5-6-15(14-18)21-17-8-4-3-7-16(17)20-12-10-19-11-13-20/h3-4,7-8,15,19H,5-6,9-14H2,1-2H3. The molecule has 0 bridgehead atoms. The zero-order valence-corrected chi connectivity index (χ0v) is 13.4. The molecule has 3 nitrogen and oxygen atoms in total. The third-order valence-corrected chi connectivity index (χ3v) is 4.78. The van der Waals surface area contributed by atoms with Crippen LogP contribution >= 0.6 is 0 Å². The zero-order valence-electron chi connectivity index (χ0n) is 13.4. The molecule has 0 amide bonds. The first-order valence-corrected chi connectivity index (χ1v) is 8.35. The van der Waals surface area contributed by atoms with Crippen LogP contribution < -0.4 is 15.0 Å². The van der Waals surface area contributed by atoms with Crippen LogP contribution in [0.4, 0.5) is 5.69 Å². The number of hydrogen-bond donors (Lipinski definition) is 1. The van der Waals surface area contributed by atoms with Gasteiger partial charge in [0.05, 0.1) is 11.8 Å². The van der Waals surface area contributed by atoms with E-state index in [0.717, 1.165) is 31.9 Å². The molecule has 1 aromatic carbocycles. The summed E-state index contributed by atoms with van der Waals surface area (Å²) in [6.45, 7) is 8.98. The molecule has 1 unspecified atom stereocenters. The number of nitrogens with one attached hydrogen (secondary N) is 1. The number of para-hydroxylation sites is 2. The van der Waals surface area contributed by atoms with E-state index in [1.165, 1.54) is 31.4 Å². The number of nitrogens with zero attached hydrogens (tertiary/aromatic N) is 1. The van der Waals surface area contributed by atoms with Crippen molar-refractivity contribution in [2.45, 2.75) is 45.6 Å². The van der Waals surface area contributed by atoms with E-state index in [1.807, 2.05) is 0 Å². The minimum absolute atomic E-state index is 0.373. The van der Waals surface area contributed by atoms with Crippen LogP contribution in [-0.2, 0) is 0 Å². The predicted octanol–water partition coefficient (Wildman–Crippen LogP) is 3.44. The van der Waals surface area contributed by atoms with Crippen LogP contribution in [-0.4, -0.2) is 32.3 Å². The van der Waals surface area contributed by atoms with E-state index in [0.29, 0.717) is 11.5 Å². The second-order valence-corrected chi connectivity index (χ2v) is 7.21. The lowest BCUT2D eigenvalue weighted by Gasteiger charge is -2.36. The third kappa shape index (κ3) is 3.70. The SMILES string of the molecule is CC1(C)CCCC(Oc2ccccc2N2CCNCC2)C1. The Morgan fingerprint density at radius 3 is 2.71 bits per heavy atom. The molecule has 3 heteroatoms. The Hall–Kier alpha value is -1.22. The maximum atomic E-state index is 6.41. The third-order valence-electron chi connectivity index (χ3n) is 4.78. The fraction of sp³-hybridized carbons (Fsp3) is 0.667. The monoisotopic (exact) mass is 288 g/mol. The molecule has 0 aromatic heterocycles. The summed E-state index contributed by atoms with van der Waals surface area (Å²) in [6.07, 6.45) is 5.35. The molecule has 1 aliphatic carbocycles. The van der Waals surface area contributed by atoms with E-state index in [-0.39, 0.29) is 0 Å². The summed E-state index contributed by atoms with van der Waals surface area (Å²) in [5, 5.41) is 3.41. The molecular formula is C18H28N2O. The fourth-order valence-electron chi connectivity index (χ4n) is 3.63. The summed E-state index contributed by atoms with van der Waals surface area (Å²) in [7, 11) is 0. The Balaban J connectivity index is 1.73. The van der Waals surface area contributed by atoms with Crippen LogP contribution in [0.3, 0.4) is 0 Å². The zero-order chi connectivity index (χ0) is 14.7. The highest BCUT2D eigenvalue weighted by Crippen LogP contribution is 2.38. The number of ether oxygens (including phenoxy) is 1. The molecule has 1 atom stereocenters. The Labute approximate surface area is 128 Å². The molecule has 1 aliphatic heterocycles. The normalized spacial score (nSPS) is 25.6. The van der Waals surface area contributed by atoms with Crippen LogP contribution in [0.5, 0.6) is 5.75 Å². The Morgan fingerprint density at radius 1 is 1.19 bits per heavy atom. The van der Waals surface area contributed by atoms with Crippen molar-refractivity contribution in [3.05, 3.63) is 24.3 Å². The smallest absolute Gasteiger partial charge is 0.143 e. The first-order chi connectivity index (χ1) is 10.1. The first kappa shape index (κ1) is 14.7. The van der Waals surface area contributed by atoms with E-state index in [2.05, 4.69) is 48.3 Å². The summed E-state index contributed by atoms with van der Waals surface area (Å²) in [5.74, 6) is 1.07. The highest BCUT2D eigenvalue weighted by molar-refractivity contribution is 5.58. The minimum atomic E-state index is 0.373.